The van der Waals surface area contributed by atoms with Gasteiger partial charge in [-0.05, 0) is 18.9 Å². The maximum absolute atomic E-state index is 14.2. The molecule has 0 saturated heterocycles. The van der Waals surface area contributed by atoms with Crippen LogP contribution in [-0.2, 0) is 0 Å². The number of benzene rings is 1. The summed E-state index contributed by atoms with van der Waals surface area (Å²) in [5, 5.41) is 3.29. The fourth-order valence-corrected chi connectivity index (χ4v) is 2.54. The van der Waals surface area contributed by atoms with Crippen molar-refractivity contribution in [2.45, 2.75) is 46.1 Å². The Hall–Kier alpha value is -1.16. The van der Waals surface area contributed by atoms with Crippen molar-refractivity contribution in [1.29, 1.82) is 0 Å². The summed E-state index contributed by atoms with van der Waals surface area (Å²) in [5.74, 6) is -0.661. The third-order valence-electron chi connectivity index (χ3n) is 3.73. The quantitative estimate of drug-likeness (QED) is 0.762. The zero-order chi connectivity index (χ0) is 15.1. The van der Waals surface area contributed by atoms with E-state index >= 15 is 0 Å². The van der Waals surface area contributed by atoms with Crippen LogP contribution in [0.1, 0.15) is 51.6 Å². The number of hydrogen-bond acceptors (Lipinski definition) is 2. The van der Waals surface area contributed by atoms with E-state index < -0.39 is 11.6 Å². The summed E-state index contributed by atoms with van der Waals surface area (Å²) in [6.45, 7) is 6.88. The van der Waals surface area contributed by atoms with Gasteiger partial charge in [-0.2, -0.15) is 0 Å². The molecule has 2 nitrogen and oxygen atoms in total. The van der Waals surface area contributed by atoms with Gasteiger partial charge in [0.2, 0.25) is 0 Å². The molecule has 0 aliphatic rings. The van der Waals surface area contributed by atoms with Crippen molar-refractivity contribution in [3.05, 3.63) is 29.3 Å². The van der Waals surface area contributed by atoms with Gasteiger partial charge in [0.1, 0.15) is 17.4 Å². The van der Waals surface area contributed by atoms with Gasteiger partial charge in [0.05, 0.1) is 7.11 Å². The van der Waals surface area contributed by atoms with Crippen molar-refractivity contribution < 1.29 is 13.5 Å². The van der Waals surface area contributed by atoms with Crippen LogP contribution in [0.3, 0.4) is 0 Å². The van der Waals surface area contributed by atoms with Gasteiger partial charge in [0, 0.05) is 23.7 Å². The van der Waals surface area contributed by atoms with Crippen LogP contribution in [0.15, 0.2) is 12.1 Å². The first-order valence-corrected chi connectivity index (χ1v) is 7.35. The van der Waals surface area contributed by atoms with Crippen LogP contribution >= 0.6 is 0 Å². The van der Waals surface area contributed by atoms with Crippen LogP contribution in [0.4, 0.5) is 8.78 Å². The molecule has 1 aromatic rings. The van der Waals surface area contributed by atoms with Crippen molar-refractivity contribution in [3.63, 3.8) is 0 Å². The molecule has 1 atom stereocenters. The Morgan fingerprint density at radius 1 is 1.10 bits per heavy atom. The van der Waals surface area contributed by atoms with E-state index in [0.717, 1.165) is 25.8 Å². The second-order valence-corrected chi connectivity index (χ2v) is 5.01. The number of methoxy groups -OCH3 is 1. The van der Waals surface area contributed by atoms with Crippen LogP contribution in [0, 0.1) is 17.6 Å². The molecule has 0 spiro atoms. The normalized spacial score (nSPS) is 12.8. The highest BCUT2D eigenvalue weighted by molar-refractivity contribution is 5.33. The average Bonchev–Trinajstić information content (AvgIpc) is 2.44. The van der Waals surface area contributed by atoms with E-state index in [-0.39, 0.29) is 23.3 Å². The molecule has 0 saturated carbocycles. The smallest absolute Gasteiger partial charge is 0.134 e. The van der Waals surface area contributed by atoms with Crippen LogP contribution in [0.2, 0.25) is 0 Å². The molecule has 1 N–H and O–H groups in total. The maximum atomic E-state index is 14.2. The van der Waals surface area contributed by atoms with Crippen LogP contribution in [-0.4, -0.2) is 13.7 Å². The Morgan fingerprint density at radius 3 is 2.05 bits per heavy atom. The van der Waals surface area contributed by atoms with Crippen molar-refractivity contribution in [1.82, 2.24) is 5.32 Å². The van der Waals surface area contributed by atoms with Crippen LogP contribution in [0.25, 0.3) is 0 Å². The number of halogens is 2. The third-order valence-corrected chi connectivity index (χ3v) is 3.73. The average molecular weight is 285 g/mol. The van der Waals surface area contributed by atoms with E-state index in [1.807, 2.05) is 20.8 Å². The van der Waals surface area contributed by atoms with Crippen molar-refractivity contribution in [2.24, 2.45) is 5.92 Å². The monoisotopic (exact) mass is 285 g/mol. The number of nitrogens with one attached hydrogen (secondary N) is 1. The fraction of sp³-hybridized carbons (Fsp3) is 0.625. The molecule has 1 aromatic carbocycles. The van der Waals surface area contributed by atoms with E-state index in [2.05, 4.69) is 5.32 Å². The standard InChI is InChI=1S/C16H25F2NO/c1-5-8-19-16(11(6-2)7-3)15-13(17)9-12(20-4)10-14(15)18/h9-11,16,19H,5-8H2,1-4H3. The second kappa shape index (κ2) is 8.20. The highest BCUT2D eigenvalue weighted by Crippen LogP contribution is 2.33. The minimum atomic E-state index is -0.539. The Morgan fingerprint density at radius 2 is 1.65 bits per heavy atom. The predicted molar refractivity (Wildman–Crippen MR) is 78.0 cm³/mol. The largest absolute Gasteiger partial charge is 0.497 e. The van der Waals surface area contributed by atoms with Gasteiger partial charge in [-0.1, -0.05) is 33.6 Å². The van der Waals surface area contributed by atoms with Gasteiger partial charge in [-0.15, -0.1) is 0 Å². The van der Waals surface area contributed by atoms with Crippen molar-refractivity contribution in [2.75, 3.05) is 13.7 Å². The van der Waals surface area contributed by atoms with Crippen LogP contribution in [0.5, 0.6) is 5.75 Å². The molecule has 0 fully saturated rings. The topological polar surface area (TPSA) is 21.3 Å². The molecule has 1 unspecified atom stereocenters. The lowest BCUT2D eigenvalue weighted by Crippen LogP contribution is -2.30. The van der Waals surface area contributed by atoms with E-state index in [0.29, 0.717) is 0 Å². The molecule has 0 aliphatic carbocycles. The highest BCUT2D eigenvalue weighted by Gasteiger charge is 2.26. The number of ether oxygens (including phenoxy) is 1. The molecule has 20 heavy (non-hydrogen) atoms. The summed E-state index contributed by atoms with van der Waals surface area (Å²) in [6, 6.07) is 2.21. The summed E-state index contributed by atoms with van der Waals surface area (Å²) in [7, 11) is 1.40. The Balaban J connectivity index is 3.18. The molecule has 0 amide bonds. The first kappa shape index (κ1) is 16.9. The number of rotatable bonds is 8. The van der Waals surface area contributed by atoms with E-state index in [1.54, 1.807) is 0 Å². The molecule has 4 heteroatoms. The Labute approximate surface area is 120 Å². The maximum Gasteiger partial charge on any atom is 0.134 e. The third kappa shape index (κ3) is 3.92. The van der Waals surface area contributed by atoms with Gasteiger partial charge in [0.25, 0.3) is 0 Å². The molecular formula is C16H25F2NO. The SMILES string of the molecule is CCCNC(c1c(F)cc(OC)cc1F)C(CC)CC. The number of hydrogen-bond donors (Lipinski definition) is 1. The Bertz CT molecular complexity index is 396. The molecule has 0 heterocycles. The summed E-state index contributed by atoms with van der Waals surface area (Å²) < 4.78 is 33.4. The molecule has 0 aliphatic heterocycles. The molecule has 114 valence electrons. The van der Waals surface area contributed by atoms with Crippen LogP contribution < -0.4 is 10.1 Å². The summed E-state index contributed by atoms with van der Waals surface area (Å²) in [5.41, 5.74) is 0.132. The lowest BCUT2D eigenvalue weighted by atomic mass is 9.88. The minimum Gasteiger partial charge on any atom is -0.497 e. The highest BCUT2D eigenvalue weighted by atomic mass is 19.1. The summed E-state index contributed by atoms with van der Waals surface area (Å²) in [6.07, 6.45) is 2.68. The molecule has 0 bridgehead atoms. The van der Waals surface area contributed by atoms with E-state index in [4.69, 9.17) is 4.74 Å². The van der Waals surface area contributed by atoms with Gasteiger partial charge in [0.15, 0.2) is 0 Å². The zero-order valence-corrected chi connectivity index (χ0v) is 12.8. The second-order valence-electron chi connectivity index (χ2n) is 5.01. The Kier molecular flexibility index (Phi) is 6.93. The van der Waals surface area contributed by atoms with Gasteiger partial charge < -0.3 is 10.1 Å². The minimum absolute atomic E-state index is 0.132. The van der Waals surface area contributed by atoms with Gasteiger partial charge >= 0.3 is 0 Å². The van der Waals surface area contributed by atoms with E-state index in [9.17, 15) is 8.78 Å². The first-order chi connectivity index (χ1) is 9.58. The fourth-order valence-electron chi connectivity index (χ4n) is 2.54. The van der Waals surface area contributed by atoms with Crippen molar-refractivity contribution in [3.8, 4) is 5.75 Å². The lowest BCUT2D eigenvalue weighted by Gasteiger charge is -2.28. The predicted octanol–water partition coefficient (Wildman–Crippen LogP) is 4.45. The van der Waals surface area contributed by atoms with Gasteiger partial charge in [-0.25, -0.2) is 8.78 Å². The molecular weight excluding hydrogens is 260 g/mol. The van der Waals surface area contributed by atoms with Gasteiger partial charge in [-0.3, -0.25) is 0 Å². The summed E-state index contributed by atoms with van der Waals surface area (Å²) >= 11 is 0. The summed E-state index contributed by atoms with van der Waals surface area (Å²) in [4.78, 5) is 0. The first-order valence-electron chi connectivity index (χ1n) is 7.35. The van der Waals surface area contributed by atoms with E-state index in [1.165, 1.54) is 19.2 Å². The molecule has 0 radical (unpaired) electrons. The van der Waals surface area contributed by atoms with Crippen molar-refractivity contribution >= 4 is 0 Å². The molecule has 1 rings (SSSR count). The lowest BCUT2D eigenvalue weighted by molar-refractivity contribution is 0.320. The zero-order valence-electron chi connectivity index (χ0n) is 12.8. The molecule has 0 aromatic heterocycles.